The Hall–Kier alpha value is -2.08. The standard InChI is InChI=1S/C18H23N3O3/c22-17-11-24-16-6-7-21(10-15(16)20-17)18(23)19-14-8-13(9-14)12-4-2-1-3-5-12/h1-5,13-16H,6-11H2,(H,19,23)(H,20,22). The summed E-state index contributed by atoms with van der Waals surface area (Å²) in [6.45, 7) is 1.34. The molecule has 6 nitrogen and oxygen atoms in total. The number of hydrogen-bond acceptors (Lipinski definition) is 3. The number of likely N-dealkylation sites (tertiary alicyclic amines) is 1. The molecule has 3 fully saturated rings. The van der Waals surface area contributed by atoms with Crippen molar-refractivity contribution in [1.29, 1.82) is 0 Å². The highest BCUT2D eigenvalue weighted by atomic mass is 16.5. The zero-order valence-corrected chi connectivity index (χ0v) is 13.6. The summed E-state index contributed by atoms with van der Waals surface area (Å²) in [4.78, 5) is 25.7. The van der Waals surface area contributed by atoms with Gasteiger partial charge in [-0.15, -0.1) is 0 Å². The Balaban J connectivity index is 1.26. The quantitative estimate of drug-likeness (QED) is 0.857. The van der Waals surface area contributed by atoms with E-state index in [0.717, 1.165) is 19.3 Å². The van der Waals surface area contributed by atoms with Gasteiger partial charge in [0.25, 0.3) is 0 Å². The van der Waals surface area contributed by atoms with Gasteiger partial charge in [0.1, 0.15) is 6.61 Å². The number of nitrogens with one attached hydrogen (secondary N) is 2. The van der Waals surface area contributed by atoms with Crippen LogP contribution in [0, 0.1) is 0 Å². The lowest BCUT2D eigenvalue weighted by Crippen LogP contribution is -2.62. The minimum atomic E-state index is -0.0943. The Morgan fingerprint density at radius 2 is 2.04 bits per heavy atom. The number of hydrogen-bond donors (Lipinski definition) is 2. The molecule has 2 atom stereocenters. The fourth-order valence-electron chi connectivity index (χ4n) is 3.88. The summed E-state index contributed by atoms with van der Waals surface area (Å²) in [5, 5.41) is 6.05. The van der Waals surface area contributed by atoms with Crippen LogP contribution in [0.5, 0.6) is 0 Å². The summed E-state index contributed by atoms with van der Waals surface area (Å²) in [6, 6.07) is 10.6. The molecule has 6 heteroatoms. The van der Waals surface area contributed by atoms with Crippen molar-refractivity contribution in [3.63, 3.8) is 0 Å². The number of carbonyl (C=O) groups is 2. The van der Waals surface area contributed by atoms with Crippen LogP contribution >= 0.6 is 0 Å². The molecule has 0 radical (unpaired) electrons. The van der Waals surface area contributed by atoms with Crippen LogP contribution in [0.3, 0.4) is 0 Å². The SMILES string of the molecule is O=C1COC2CCN(C(=O)NC3CC(c4ccccc4)C3)CC2N1. The van der Waals surface area contributed by atoms with Crippen molar-refractivity contribution in [2.75, 3.05) is 19.7 Å². The molecule has 0 spiro atoms. The van der Waals surface area contributed by atoms with Crippen molar-refractivity contribution in [3.8, 4) is 0 Å². The number of carbonyl (C=O) groups excluding carboxylic acids is 2. The third-order valence-corrected chi connectivity index (χ3v) is 5.35. The maximum atomic E-state index is 12.5. The fourth-order valence-corrected chi connectivity index (χ4v) is 3.88. The Labute approximate surface area is 141 Å². The van der Waals surface area contributed by atoms with Crippen molar-refractivity contribution in [2.24, 2.45) is 0 Å². The number of rotatable bonds is 2. The van der Waals surface area contributed by atoms with Gasteiger partial charge in [-0.1, -0.05) is 30.3 Å². The third-order valence-electron chi connectivity index (χ3n) is 5.35. The maximum Gasteiger partial charge on any atom is 0.317 e. The number of fused-ring (bicyclic) bond motifs is 1. The van der Waals surface area contributed by atoms with Gasteiger partial charge in [-0.3, -0.25) is 4.79 Å². The summed E-state index contributed by atoms with van der Waals surface area (Å²) >= 11 is 0. The van der Waals surface area contributed by atoms with Crippen LogP contribution < -0.4 is 10.6 Å². The fraction of sp³-hybridized carbons (Fsp3) is 0.556. The van der Waals surface area contributed by atoms with Crippen molar-refractivity contribution in [3.05, 3.63) is 35.9 Å². The summed E-state index contributed by atoms with van der Waals surface area (Å²) < 4.78 is 5.53. The third kappa shape index (κ3) is 3.11. The van der Waals surface area contributed by atoms with Gasteiger partial charge in [0.15, 0.2) is 0 Å². The Morgan fingerprint density at radius 1 is 1.25 bits per heavy atom. The lowest BCUT2D eigenvalue weighted by atomic mass is 9.76. The van der Waals surface area contributed by atoms with E-state index in [4.69, 9.17) is 4.74 Å². The summed E-state index contributed by atoms with van der Waals surface area (Å²) in [6.07, 6.45) is 2.80. The van der Waals surface area contributed by atoms with Gasteiger partial charge in [0.05, 0.1) is 12.1 Å². The zero-order chi connectivity index (χ0) is 16.5. The van der Waals surface area contributed by atoms with E-state index in [9.17, 15) is 9.59 Å². The molecule has 1 aliphatic carbocycles. The molecular weight excluding hydrogens is 306 g/mol. The molecule has 1 saturated carbocycles. The average Bonchev–Trinajstić information content (AvgIpc) is 2.57. The Morgan fingerprint density at radius 3 is 2.83 bits per heavy atom. The maximum absolute atomic E-state index is 12.5. The topological polar surface area (TPSA) is 70.7 Å². The van der Waals surface area contributed by atoms with E-state index in [1.165, 1.54) is 5.56 Å². The van der Waals surface area contributed by atoms with E-state index in [0.29, 0.717) is 19.0 Å². The number of amides is 3. The minimum absolute atomic E-state index is 0.0233. The molecule has 2 aliphatic heterocycles. The van der Waals surface area contributed by atoms with Crippen LogP contribution in [-0.4, -0.2) is 54.7 Å². The minimum Gasteiger partial charge on any atom is -0.366 e. The molecule has 128 valence electrons. The second-order valence-electron chi connectivity index (χ2n) is 6.98. The molecule has 3 aliphatic rings. The van der Waals surface area contributed by atoms with E-state index in [1.807, 2.05) is 6.07 Å². The number of ether oxygens (including phenoxy) is 1. The number of benzene rings is 1. The predicted molar refractivity (Wildman–Crippen MR) is 88.6 cm³/mol. The molecule has 0 aromatic heterocycles. The van der Waals surface area contributed by atoms with E-state index < -0.39 is 0 Å². The lowest BCUT2D eigenvalue weighted by Gasteiger charge is -2.42. The first-order valence-corrected chi connectivity index (χ1v) is 8.70. The monoisotopic (exact) mass is 329 g/mol. The van der Waals surface area contributed by atoms with Gasteiger partial charge in [-0.25, -0.2) is 4.79 Å². The Kier molecular flexibility index (Phi) is 4.14. The van der Waals surface area contributed by atoms with Crippen molar-refractivity contribution < 1.29 is 14.3 Å². The molecule has 2 unspecified atom stereocenters. The van der Waals surface area contributed by atoms with Crippen molar-refractivity contribution in [2.45, 2.75) is 43.4 Å². The van der Waals surface area contributed by atoms with Crippen LogP contribution in [0.1, 0.15) is 30.7 Å². The molecule has 4 rings (SSSR count). The van der Waals surface area contributed by atoms with Crippen LogP contribution in [0.25, 0.3) is 0 Å². The first-order chi connectivity index (χ1) is 11.7. The number of morpholine rings is 1. The lowest BCUT2D eigenvalue weighted by molar-refractivity contribution is -0.139. The van der Waals surface area contributed by atoms with E-state index in [-0.39, 0.29) is 36.7 Å². The second kappa shape index (κ2) is 6.43. The first-order valence-electron chi connectivity index (χ1n) is 8.70. The van der Waals surface area contributed by atoms with Crippen LogP contribution in [0.4, 0.5) is 4.79 Å². The highest BCUT2D eigenvalue weighted by molar-refractivity contribution is 5.79. The van der Waals surface area contributed by atoms with Gasteiger partial charge in [-0.2, -0.15) is 0 Å². The molecule has 2 N–H and O–H groups in total. The highest BCUT2D eigenvalue weighted by Crippen LogP contribution is 2.36. The summed E-state index contributed by atoms with van der Waals surface area (Å²) in [7, 11) is 0. The largest absolute Gasteiger partial charge is 0.366 e. The molecule has 1 aromatic rings. The van der Waals surface area contributed by atoms with Gasteiger partial charge >= 0.3 is 6.03 Å². The molecule has 1 aromatic carbocycles. The van der Waals surface area contributed by atoms with E-state index >= 15 is 0 Å². The van der Waals surface area contributed by atoms with Crippen LogP contribution in [-0.2, 0) is 9.53 Å². The van der Waals surface area contributed by atoms with Crippen LogP contribution in [0.15, 0.2) is 30.3 Å². The smallest absolute Gasteiger partial charge is 0.317 e. The molecule has 2 saturated heterocycles. The number of urea groups is 1. The van der Waals surface area contributed by atoms with Gasteiger partial charge in [-0.05, 0) is 30.7 Å². The van der Waals surface area contributed by atoms with Crippen LogP contribution in [0.2, 0.25) is 0 Å². The first kappa shape index (κ1) is 15.4. The van der Waals surface area contributed by atoms with E-state index in [1.54, 1.807) is 4.90 Å². The van der Waals surface area contributed by atoms with Gasteiger partial charge in [0, 0.05) is 19.1 Å². The molecule has 2 heterocycles. The molecule has 24 heavy (non-hydrogen) atoms. The van der Waals surface area contributed by atoms with Crippen molar-refractivity contribution in [1.82, 2.24) is 15.5 Å². The normalized spacial score (nSPS) is 32.3. The van der Waals surface area contributed by atoms with Gasteiger partial charge in [0.2, 0.25) is 5.91 Å². The summed E-state index contributed by atoms with van der Waals surface area (Å²) in [5.74, 6) is 0.455. The van der Waals surface area contributed by atoms with Gasteiger partial charge < -0.3 is 20.3 Å². The highest BCUT2D eigenvalue weighted by Gasteiger charge is 2.38. The number of piperidine rings is 1. The second-order valence-corrected chi connectivity index (χ2v) is 6.98. The average molecular weight is 329 g/mol. The zero-order valence-electron chi connectivity index (χ0n) is 13.6. The van der Waals surface area contributed by atoms with Crippen molar-refractivity contribution >= 4 is 11.9 Å². The number of nitrogens with zero attached hydrogens (tertiary/aromatic N) is 1. The molecule has 0 bridgehead atoms. The summed E-state index contributed by atoms with van der Waals surface area (Å²) in [5.41, 5.74) is 1.35. The predicted octanol–water partition coefficient (Wildman–Crippen LogP) is 1.23. The Bertz CT molecular complexity index is 615. The van der Waals surface area contributed by atoms with E-state index in [2.05, 4.69) is 34.9 Å². The molecular formula is C18H23N3O3. The molecule has 3 amide bonds.